The van der Waals surface area contributed by atoms with Crippen LogP contribution in [0.15, 0.2) is 22.3 Å². The minimum absolute atomic E-state index is 0. The molecular weight excluding hydrogens is 252 g/mol. The first-order chi connectivity index (χ1) is 5.95. The lowest BCUT2D eigenvalue weighted by Crippen LogP contribution is -1.85. The van der Waals surface area contributed by atoms with Crippen LogP contribution in [0.5, 0.6) is 0 Å². The average Bonchev–Trinajstić information content (AvgIpc) is 2.03. The van der Waals surface area contributed by atoms with Gasteiger partial charge in [0.1, 0.15) is 0 Å². The van der Waals surface area contributed by atoms with Crippen LogP contribution < -0.4 is 0 Å². The summed E-state index contributed by atoms with van der Waals surface area (Å²) in [6.45, 7) is 13.3. The van der Waals surface area contributed by atoms with E-state index in [2.05, 4.69) is 41.5 Å². The van der Waals surface area contributed by atoms with Gasteiger partial charge < -0.3 is 0 Å². The van der Waals surface area contributed by atoms with E-state index in [-0.39, 0.29) is 59.4 Å². The zero-order chi connectivity index (χ0) is 10.4. The molecular formula is C21H56. The molecule has 0 N–H and O–H groups in total. The van der Waals surface area contributed by atoms with E-state index < -0.39 is 0 Å². The topological polar surface area (TPSA) is 0 Å². The Morgan fingerprint density at radius 3 is 0.762 bits per heavy atom. The minimum Gasteiger partial charge on any atom is -0.0776 e. The SMILES string of the molecule is C.C.C.C.C.C.C.C.CC(C)=C(C)CCCC(C)=C(C)C. The van der Waals surface area contributed by atoms with Crippen molar-refractivity contribution in [2.45, 2.75) is 120 Å². The molecule has 0 aromatic heterocycles. The van der Waals surface area contributed by atoms with E-state index in [0.717, 1.165) is 0 Å². The highest BCUT2D eigenvalue weighted by Gasteiger charge is 1.95. The zero-order valence-corrected chi connectivity index (χ0v) is 10.1. The first-order valence-corrected chi connectivity index (χ1v) is 5.21. The maximum atomic E-state index is 2.24. The summed E-state index contributed by atoms with van der Waals surface area (Å²) >= 11 is 0. The molecule has 0 fully saturated rings. The Morgan fingerprint density at radius 2 is 0.619 bits per heavy atom. The lowest BCUT2D eigenvalue weighted by molar-refractivity contribution is 0.789. The molecule has 0 heterocycles. The van der Waals surface area contributed by atoms with Gasteiger partial charge in [0.25, 0.3) is 0 Å². The number of allylic oxidation sites excluding steroid dienone is 4. The molecule has 140 valence electrons. The highest BCUT2D eigenvalue weighted by atomic mass is 14.0. The molecule has 0 amide bonds. The fourth-order valence-corrected chi connectivity index (χ4v) is 1.12. The maximum Gasteiger partial charge on any atom is -0.0318 e. The van der Waals surface area contributed by atoms with Gasteiger partial charge in [-0.25, -0.2) is 0 Å². The van der Waals surface area contributed by atoms with Gasteiger partial charge in [0, 0.05) is 0 Å². The lowest BCUT2D eigenvalue weighted by Gasteiger charge is -2.05. The fraction of sp³-hybridized carbons (Fsp3) is 0.810. The van der Waals surface area contributed by atoms with Crippen molar-refractivity contribution in [3.05, 3.63) is 22.3 Å². The molecule has 0 aromatic rings. The van der Waals surface area contributed by atoms with E-state index in [1.165, 1.54) is 30.4 Å². The third kappa shape index (κ3) is 32.8. The largest absolute Gasteiger partial charge is 0.0776 e. The summed E-state index contributed by atoms with van der Waals surface area (Å²) in [5, 5.41) is 0. The predicted molar refractivity (Wildman–Crippen MR) is 116 cm³/mol. The van der Waals surface area contributed by atoms with Gasteiger partial charge in [-0.2, -0.15) is 0 Å². The summed E-state index contributed by atoms with van der Waals surface area (Å²) in [4.78, 5) is 0. The van der Waals surface area contributed by atoms with Gasteiger partial charge in [0.2, 0.25) is 0 Å². The zero-order valence-electron chi connectivity index (χ0n) is 10.1. The van der Waals surface area contributed by atoms with E-state index in [9.17, 15) is 0 Å². The van der Waals surface area contributed by atoms with Gasteiger partial charge in [-0.15, -0.1) is 0 Å². The molecule has 21 heavy (non-hydrogen) atoms. The predicted octanol–water partition coefficient (Wildman–Crippen LogP) is 9.96. The van der Waals surface area contributed by atoms with Crippen molar-refractivity contribution in [2.75, 3.05) is 0 Å². The molecule has 0 atom stereocenters. The van der Waals surface area contributed by atoms with Crippen LogP contribution in [-0.4, -0.2) is 0 Å². The molecule has 0 rings (SSSR count). The second-order valence-electron chi connectivity index (χ2n) is 4.41. The molecule has 0 radical (unpaired) electrons. The van der Waals surface area contributed by atoms with Crippen molar-refractivity contribution in [3.8, 4) is 0 Å². The minimum atomic E-state index is 0. The monoisotopic (exact) mass is 308 g/mol. The molecule has 0 spiro atoms. The van der Waals surface area contributed by atoms with Gasteiger partial charge >= 0.3 is 0 Å². The Balaban J connectivity index is -0.0000000257. The third-order valence-electron chi connectivity index (χ3n) is 2.81. The Morgan fingerprint density at radius 1 is 0.429 bits per heavy atom. The summed E-state index contributed by atoms with van der Waals surface area (Å²) in [5.41, 5.74) is 6.08. The first-order valence-electron chi connectivity index (χ1n) is 5.21. The van der Waals surface area contributed by atoms with Gasteiger partial charge in [0.15, 0.2) is 0 Å². The summed E-state index contributed by atoms with van der Waals surface area (Å²) in [5.74, 6) is 0. The number of hydrogen-bond acceptors (Lipinski definition) is 0. The average molecular weight is 309 g/mol. The molecule has 0 aliphatic carbocycles. The fourth-order valence-electron chi connectivity index (χ4n) is 1.12. The quantitative estimate of drug-likeness (QED) is 0.453. The molecule has 0 heteroatoms. The van der Waals surface area contributed by atoms with Crippen LogP contribution in [0.25, 0.3) is 0 Å². The first kappa shape index (κ1) is 59.0. The van der Waals surface area contributed by atoms with E-state index >= 15 is 0 Å². The van der Waals surface area contributed by atoms with Crippen molar-refractivity contribution in [2.24, 2.45) is 0 Å². The smallest absolute Gasteiger partial charge is 0.0318 e. The van der Waals surface area contributed by atoms with Gasteiger partial charge in [-0.3, -0.25) is 0 Å². The van der Waals surface area contributed by atoms with E-state index in [0.29, 0.717) is 0 Å². The van der Waals surface area contributed by atoms with Crippen LogP contribution in [0.2, 0.25) is 0 Å². The molecule has 0 unspecified atom stereocenters. The van der Waals surface area contributed by atoms with Crippen molar-refractivity contribution in [1.29, 1.82) is 0 Å². The Kier molecular flexibility index (Phi) is 89.1. The van der Waals surface area contributed by atoms with E-state index in [1.54, 1.807) is 11.1 Å². The third-order valence-corrected chi connectivity index (χ3v) is 2.81. The van der Waals surface area contributed by atoms with Crippen LogP contribution in [0.3, 0.4) is 0 Å². The van der Waals surface area contributed by atoms with Gasteiger partial charge in [0.05, 0.1) is 0 Å². The van der Waals surface area contributed by atoms with Crippen molar-refractivity contribution < 1.29 is 0 Å². The highest BCUT2D eigenvalue weighted by molar-refractivity contribution is 5.09. The van der Waals surface area contributed by atoms with Gasteiger partial charge in [-0.1, -0.05) is 81.7 Å². The Hall–Kier alpha value is -0.520. The van der Waals surface area contributed by atoms with Crippen LogP contribution in [-0.2, 0) is 0 Å². The second kappa shape index (κ2) is 31.7. The van der Waals surface area contributed by atoms with E-state index in [4.69, 9.17) is 0 Å². The van der Waals surface area contributed by atoms with Crippen LogP contribution in [0.1, 0.15) is 120 Å². The number of rotatable bonds is 4. The standard InChI is InChI=1S/C13H24.8CH4/c1-10(2)12(5)8-7-9-13(6)11(3)4;;;;;;;;/h7-9H2,1-6H3;8*1H4. The van der Waals surface area contributed by atoms with Crippen LogP contribution in [0, 0.1) is 0 Å². The normalized spacial score (nSPS) is 6.00. The number of hydrogen-bond donors (Lipinski definition) is 0. The summed E-state index contributed by atoms with van der Waals surface area (Å²) in [7, 11) is 0. The Labute approximate surface area is 143 Å². The summed E-state index contributed by atoms with van der Waals surface area (Å²) in [6.07, 6.45) is 3.81. The molecule has 0 aliphatic heterocycles. The van der Waals surface area contributed by atoms with Crippen molar-refractivity contribution >= 4 is 0 Å². The van der Waals surface area contributed by atoms with Crippen molar-refractivity contribution in [1.82, 2.24) is 0 Å². The molecule has 0 bridgehead atoms. The molecule has 0 aliphatic rings. The molecule has 0 saturated heterocycles. The van der Waals surface area contributed by atoms with Crippen LogP contribution >= 0.6 is 0 Å². The molecule has 0 saturated carbocycles. The summed E-state index contributed by atoms with van der Waals surface area (Å²) < 4.78 is 0. The second-order valence-corrected chi connectivity index (χ2v) is 4.41. The van der Waals surface area contributed by atoms with Gasteiger partial charge in [-0.05, 0) is 60.8 Å². The molecule has 0 nitrogen and oxygen atoms in total. The van der Waals surface area contributed by atoms with Crippen molar-refractivity contribution in [3.63, 3.8) is 0 Å². The van der Waals surface area contributed by atoms with E-state index in [1.807, 2.05) is 0 Å². The Bertz CT molecular complexity index is 184. The molecule has 0 aromatic carbocycles. The maximum absolute atomic E-state index is 2.24. The highest BCUT2D eigenvalue weighted by Crippen LogP contribution is 2.16. The lowest BCUT2D eigenvalue weighted by atomic mass is 10.0. The summed E-state index contributed by atoms with van der Waals surface area (Å²) in [6, 6.07) is 0. The van der Waals surface area contributed by atoms with Crippen LogP contribution in [0.4, 0.5) is 0 Å².